The molecule has 6 nitrogen and oxygen atoms in total. The molecule has 0 saturated heterocycles. The first-order chi connectivity index (χ1) is 17.2. The zero-order chi connectivity index (χ0) is 27.7. The maximum atomic E-state index is 13.4. The Balaban J connectivity index is 2.13. The zero-order valence-corrected chi connectivity index (χ0v) is 20.7. The van der Waals surface area contributed by atoms with Crippen molar-refractivity contribution in [3.8, 4) is 0 Å². The maximum Gasteiger partial charge on any atom is 0.416 e. The molecule has 2 aromatic rings. The SMILES string of the molecule is CCOC(=O)N1c2c(Cl)cccc2C(N(Cc2cc(C(F)(F)F)cc(C(F)(F)F)c2)C(=O)OC)CC1C. The molecule has 1 heterocycles. The molecule has 13 heteroatoms. The van der Waals surface area contributed by atoms with Gasteiger partial charge >= 0.3 is 24.5 Å². The fraction of sp³-hybridized carbons (Fsp3) is 0.417. The van der Waals surface area contributed by atoms with Crippen LogP contribution in [0.4, 0.5) is 41.6 Å². The zero-order valence-electron chi connectivity index (χ0n) is 19.9. The third kappa shape index (κ3) is 6.06. The molecule has 0 bridgehead atoms. The van der Waals surface area contributed by atoms with Gasteiger partial charge in [0.15, 0.2) is 0 Å². The van der Waals surface area contributed by atoms with Crippen LogP contribution in [0.25, 0.3) is 0 Å². The van der Waals surface area contributed by atoms with E-state index in [0.717, 1.165) is 12.0 Å². The van der Waals surface area contributed by atoms with Crippen LogP contribution in [0, 0.1) is 0 Å². The first-order valence-corrected chi connectivity index (χ1v) is 11.4. The van der Waals surface area contributed by atoms with Crippen molar-refractivity contribution in [2.24, 2.45) is 0 Å². The number of hydrogen-bond donors (Lipinski definition) is 0. The van der Waals surface area contributed by atoms with Gasteiger partial charge in [0.2, 0.25) is 0 Å². The number of alkyl halides is 6. The number of nitrogens with zero attached hydrogens (tertiary/aromatic N) is 2. The number of para-hydroxylation sites is 1. The quantitative estimate of drug-likeness (QED) is 0.370. The van der Waals surface area contributed by atoms with Crippen LogP contribution in [-0.2, 0) is 28.4 Å². The summed E-state index contributed by atoms with van der Waals surface area (Å²) in [6.07, 6.45) is -11.7. The summed E-state index contributed by atoms with van der Waals surface area (Å²) in [6, 6.07) is 4.25. The highest BCUT2D eigenvalue weighted by molar-refractivity contribution is 6.34. The largest absolute Gasteiger partial charge is 0.453 e. The number of benzene rings is 2. The summed E-state index contributed by atoms with van der Waals surface area (Å²) in [6.45, 7) is 2.71. The summed E-state index contributed by atoms with van der Waals surface area (Å²) in [5.74, 6) is 0. The molecule has 1 aliphatic rings. The predicted molar refractivity (Wildman–Crippen MR) is 122 cm³/mol. The number of ether oxygens (including phenoxy) is 2. The summed E-state index contributed by atoms with van der Waals surface area (Å²) in [7, 11) is 1.04. The van der Waals surface area contributed by atoms with Crippen LogP contribution in [0.1, 0.15) is 48.6 Å². The summed E-state index contributed by atoms with van der Waals surface area (Å²) < 4.78 is 90.3. The first kappa shape index (κ1) is 28.4. The molecule has 202 valence electrons. The van der Waals surface area contributed by atoms with E-state index in [1.807, 2.05) is 0 Å². The Morgan fingerprint density at radius 1 is 1.08 bits per heavy atom. The molecular formula is C24H23ClF6N2O4. The van der Waals surface area contributed by atoms with Crippen LogP contribution >= 0.6 is 11.6 Å². The first-order valence-electron chi connectivity index (χ1n) is 11.1. The van der Waals surface area contributed by atoms with Gasteiger partial charge in [-0.1, -0.05) is 23.7 Å². The van der Waals surface area contributed by atoms with E-state index < -0.39 is 59.9 Å². The normalized spacial score (nSPS) is 17.7. The highest BCUT2D eigenvalue weighted by Crippen LogP contribution is 2.45. The van der Waals surface area contributed by atoms with Gasteiger partial charge in [0.05, 0.1) is 41.6 Å². The van der Waals surface area contributed by atoms with Crippen molar-refractivity contribution >= 4 is 29.5 Å². The minimum Gasteiger partial charge on any atom is -0.453 e. The number of carbonyl (C=O) groups excluding carboxylic acids is 2. The van der Waals surface area contributed by atoms with Gasteiger partial charge < -0.3 is 9.47 Å². The maximum absolute atomic E-state index is 13.4. The van der Waals surface area contributed by atoms with E-state index in [9.17, 15) is 35.9 Å². The second kappa shape index (κ2) is 10.7. The van der Waals surface area contributed by atoms with E-state index in [1.165, 1.54) is 11.0 Å². The highest BCUT2D eigenvalue weighted by atomic mass is 35.5. The second-order valence-electron chi connectivity index (χ2n) is 8.36. The van der Waals surface area contributed by atoms with Gasteiger partial charge in [0.1, 0.15) is 0 Å². The van der Waals surface area contributed by atoms with Gasteiger partial charge in [-0.05, 0) is 50.1 Å². The molecule has 0 aliphatic carbocycles. The molecule has 0 N–H and O–H groups in total. The number of halogens is 7. The summed E-state index contributed by atoms with van der Waals surface area (Å²) in [5, 5.41) is 0.144. The van der Waals surface area contributed by atoms with Crippen molar-refractivity contribution in [1.82, 2.24) is 4.90 Å². The molecule has 0 saturated carbocycles. The highest BCUT2D eigenvalue weighted by Gasteiger charge is 2.41. The van der Waals surface area contributed by atoms with Gasteiger partial charge in [-0.2, -0.15) is 26.3 Å². The Morgan fingerprint density at radius 3 is 2.19 bits per heavy atom. The van der Waals surface area contributed by atoms with Crippen LogP contribution in [0.15, 0.2) is 36.4 Å². The van der Waals surface area contributed by atoms with Crippen LogP contribution in [0.5, 0.6) is 0 Å². The van der Waals surface area contributed by atoms with Crippen LogP contribution in [0.2, 0.25) is 5.02 Å². The predicted octanol–water partition coefficient (Wildman–Crippen LogP) is 7.44. The monoisotopic (exact) mass is 552 g/mol. The number of amides is 2. The van der Waals surface area contributed by atoms with Crippen LogP contribution < -0.4 is 4.90 Å². The fourth-order valence-electron chi connectivity index (χ4n) is 4.32. The lowest BCUT2D eigenvalue weighted by Gasteiger charge is -2.42. The smallest absolute Gasteiger partial charge is 0.416 e. The number of fused-ring (bicyclic) bond motifs is 1. The number of anilines is 1. The van der Waals surface area contributed by atoms with E-state index in [1.54, 1.807) is 26.0 Å². The Bertz CT molecular complexity index is 1140. The molecule has 2 amide bonds. The molecule has 0 radical (unpaired) electrons. The van der Waals surface area contributed by atoms with Crippen LogP contribution in [0.3, 0.4) is 0 Å². The third-order valence-electron chi connectivity index (χ3n) is 5.87. The summed E-state index contributed by atoms with van der Waals surface area (Å²) in [5.41, 5.74) is -2.84. The number of hydrogen-bond acceptors (Lipinski definition) is 4. The fourth-order valence-corrected chi connectivity index (χ4v) is 4.59. The van der Waals surface area contributed by atoms with E-state index in [4.69, 9.17) is 21.1 Å². The van der Waals surface area contributed by atoms with Crippen molar-refractivity contribution in [1.29, 1.82) is 0 Å². The Hall–Kier alpha value is -3.15. The molecule has 2 atom stereocenters. The lowest BCUT2D eigenvalue weighted by atomic mass is 9.90. The minimum atomic E-state index is -5.05. The molecule has 2 aromatic carbocycles. The lowest BCUT2D eigenvalue weighted by Crippen LogP contribution is -2.47. The lowest BCUT2D eigenvalue weighted by molar-refractivity contribution is -0.143. The van der Waals surface area contributed by atoms with Crippen molar-refractivity contribution in [3.05, 3.63) is 63.7 Å². The van der Waals surface area contributed by atoms with Crippen molar-refractivity contribution in [2.45, 2.75) is 51.2 Å². The van der Waals surface area contributed by atoms with E-state index in [2.05, 4.69) is 0 Å². The molecular weight excluding hydrogens is 530 g/mol. The molecule has 0 aromatic heterocycles. The van der Waals surface area contributed by atoms with Crippen molar-refractivity contribution in [3.63, 3.8) is 0 Å². The van der Waals surface area contributed by atoms with Crippen LogP contribution in [-0.4, -0.2) is 36.8 Å². The number of rotatable bonds is 4. The Kier molecular flexibility index (Phi) is 8.21. The Labute approximate surface area is 213 Å². The molecule has 2 unspecified atom stereocenters. The average Bonchev–Trinajstić information content (AvgIpc) is 2.81. The van der Waals surface area contributed by atoms with E-state index >= 15 is 0 Å². The third-order valence-corrected chi connectivity index (χ3v) is 6.18. The topological polar surface area (TPSA) is 59.1 Å². The molecule has 0 spiro atoms. The van der Waals surface area contributed by atoms with Gasteiger partial charge in [-0.3, -0.25) is 9.80 Å². The molecule has 1 aliphatic heterocycles. The van der Waals surface area contributed by atoms with E-state index in [0.29, 0.717) is 17.7 Å². The van der Waals surface area contributed by atoms with Gasteiger partial charge in [-0.25, -0.2) is 9.59 Å². The Morgan fingerprint density at radius 2 is 1.68 bits per heavy atom. The van der Waals surface area contributed by atoms with Gasteiger partial charge in [0.25, 0.3) is 0 Å². The van der Waals surface area contributed by atoms with E-state index in [-0.39, 0.29) is 29.8 Å². The van der Waals surface area contributed by atoms with Crippen molar-refractivity contribution < 1.29 is 45.4 Å². The van der Waals surface area contributed by atoms with Crippen molar-refractivity contribution in [2.75, 3.05) is 18.6 Å². The standard InChI is InChI=1S/C24H23ClF6N2O4/c1-4-37-22(35)33-13(2)8-19(17-6-5-7-18(25)20(17)33)32(21(34)36-3)12-14-9-15(23(26,27)28)11-16(10-14)24(29,30)31/h5-7,9-11,13,19H,4,8,12H2,1-3H3. The second-order valence-corrected chi connectivity index (χ2v) is 8.77. The molecule has 3 rings (SSSR count). The number of carbonyl (C=O) groups is 2. The molecule has 0 fully saturated rings. The summed E-state index contributed by atoms with van der Waals surface area (Å²) >= 11 is 6.40. The summed E-state index contributed by atoms with van der Waals surface area (Å²) in [4.78, 5) is 27.8. The van der Waals surface area contributed by atoms with Gasteiger partial charge in [0, 0.05) is 18.2 Å². The molecule has 37 heavy (non-hydrogen) atoms. The minimum absolute atomic E-state index is 0.0148. The average molecular weight is 553 g/mol. The van der Waals surface area contributed by atoms with Gasteiger partial charge in [-0.15, -0.1) is 0 Å². The number of methoxy groups -OCH3 is 1.